The van der Waals surface area contributed by atoms with Gasteiger partial charge in [0.05, 0.1) is 12.2 Å². The molecule has 0 bridgehead atoms. The molecule has 2 fully saturated rings. The van der Waals surface area contributed by atoms with Crippen molar-refractivity contribution in [3.05, 3.63) is 16.8 Å². The van der Waals surface area contributed by atoms with Gasteiger partial charge in [0.2, 0.25) is 0 Å². The topological polar surface area (TPSA) is 111 Å². The highest BCUT2D eigenvalue weighted by atomic mass is 16.2. The van der Waals surface area contributed by atoms with Gasteiger partial charge in [-0.05, 0) is 32.3 Å². The third-order valence-electron chi connectivity index (χ3n) is 4.35. The molecule has 3 rings (SSSR count). The van der Waals surface area contributed by atoms with Gasteiger partial charge in [0.15, 0.2) is 5.82 Å². The summed E-state index contributed by atoms with van der Waals surface area (Å²) in [5, 5.41) is 22.6. The number of imide groups is 1. The number of piperidine rings is 1. The molecule has 2 aliphatic heterocycles. The number of nitrogens with one attached hydrogen (secondary N) is 2. The molecule has 0 aliphatic carbocycles. The highest BCUT2D eigenvalue weighted by molar-refractivity contribution is 6.07. The average molecular weight is 300 g/mol. The van der Waals surface area contributed by atoms with E-state index in [1.165, 1.54) is 0 Å². The van der Waals surface area contributed by atoms with E-state index in [0.717, 1.165) is 5.56 Å². The molecular weight excluding hydrogens is 284 g/mol. The predicted octanol–water partition coefficient (Wildman–Crippen LogP) is 0.144. The summed E-state index contributed by atoms with van der Waals surface area (Å²) in [5.74, 6) is 0.149. The number of nitriles is 1. The summed E-state index contributed by atoms with van der Waals surface area (Å²) in [4.78, 5) is 25.4. The summed E-state index contributed by atoms with van der Waals surface area (Å²) in [6.45, 7) is 4.58. The highest BCUT2D eigenvalue weighted by Gasteiger charge is 2.49. The minimum absolute atomic E-state index is 0.288. The number of carbonyl (C=O) groups excluding carboxylic acids is 2. The molecular formula is C14H16N6O2. The Bertz CT molecular complexity index is 710. The van der Waals surface area contributed by atoms with Gasteiger partial charge in [-0.2, -0.15) is 10.4 Å². The predicted molar refractivity (Wildman–Crippen MR) is 77.1 cm³/mol. The Kier molecular flexibility index (Phi) is 3.20. The summed E-state index contributed by atoms with van der Waals surface area (Å²) in [6, 6.07) is 1.70. The van der Waals surface area contributed by atoms with Gasteiger partial charge in [-0.25, -0.2) is 4.79 Å². The number of hydrogen-bond acceptors (Lipinski definition) is 6. The maximum absolute atomic E-state index is 12.1. The molecule has 2 aliphatic rings. The zero-order valence-corrected chi connectivity index (χ0v) is 12.4. The van der Waals surface area contributed by atoms with Crippen LogP contribution in [0.5, 0.6) is 0 Å². The number of rotatable bonds is 1. The van der Waals surface area contributed by atoms with E-state index in [-0.39, 0.29) is 12.5 Å². The van der Waals surface area contributed by atoms with E-state index < -0.39 is 11.6 Å². The van der Waals surface area contributed by atoms with Crippen molar-refractivity contribution in [3.8, 4) is 6.07 Å². The first kappa shape index (κ1) is 14.3. The first-order valence-electron chi connectivity index (χ1n) is 7.09. The van der Waals surface area contributed by atoms with Gasteiger partial charge in [-0.1, -0.05) is 0 Å². The number of aromatic nitrogens is 2. The van der Waals surface area contributed by atoms with Gasteiger partial charge >= 0.3 is 6.03 Å². The molecule has 3 heterocycles. The lowest BCUT2D eigenvalue weighted by Gasteiger charge is -2.38. The van der Waals surface area contributed by atoms with E-state index in [4.69, 9.17) is 0 Å². The monoisotopic (exact) mass is 300 g/mol. The van der Waals surface area contributed by atoms with Crippen LogP contribution in [0.25, 0.3) is 0 Å². The van der Waals surface area contributed by atoms with Gasteiger partial charge < -0.3 is 10.2 Å². The molecule has 0 radical (unpaired) electrons. The van der Waals surface area contributed by atoms with Crippen molar-refractivity contribution < 1.29 is 9.59 Å². The van der Waals surface area contributed by atoms with Crippen LogP contribution in [-0.4, -0.2) is 40.8 Å². The summed E-state index contributed by atoms with van der Waals surface area (Å²) >= 11 is 0. The summed E-state index contributed by atoms with van der Waals surface area (Å²) in [6.07, 6.45) is 1.29. The van der Waals surface area contributed by atoms with Crippen LogP contribution >= 0.6 is 0 Å². The zero-order valence-electron chi connectivity index (χ0n) is 12.4. The maximum atomic E-state index is 12.1. The Morgan fingerprint density at radius 2 is 2.09 bits per heavy atom. The van der Waals surface area contributed by atoms with Gasteiger partial charge in [-0.15, -0.1) is 5.10 Å². The Morgan fingerprint density at radius 1 is 1.32 bits per heavy atom. The average Bonchev–Trinajstić information content (AvgIpc) is 2.75. The Hall–Kier alpha value is -2.69. The molecule has 2 saturated heterocycles. The molecule has 1 atom stereocenters. The van der Waals surface area contributed by atoms with E-state index in [9.17, 15) is 14.9 Å². The Morgan fingerprint density at radius 3 is 2.73 bits per heavy atom. The second-order valence-corrected chi connectivity index (χ2v) is 5.74. The van der Waals surface area contributed by atoms with Crippen LogP contribution in [0, 0.1) is 25.2 Å². The summed E-state index contributed by atoms with van der Waals surface area (Å²) in [7, 11) is 0. The van der Waals surface area contributed by atoms with Crippen LogP contribution in [0.4, 0.5) is 10.6 Å². The molecule has 8 heteroatoms. The number of carbonyl (C=O) groups is 2. The molecule has 22 heavy (non-hydrogen) atoms. The van der Waals surface area contributed by atoms with Crippen molar-refractivity contribution in [1.29, 1.82) is 5.26 Å². The summed E-state index contributed by atoms with van der Waals surface area (Å²) < 4.78 is 0. The molecule has 0 saturated carbocycles. The smallest absolute Gasteiger partial charge is 0.322 e. The van der Waals surface area contributed by atoms with Crippen LogP contribution in [0.15, 0.2) is 0 Å². The van der Waals surface area contributed by atoms with Gasteiger partial charge in [-0.3, -0.25) is 10.1 Å². The standard InChI is InChI=1S/C14H16N6O2/c1-8-9(2)18-19-11(10(8)6-15)20-5-3-4-14(7-20)12(21)16-13(22)17-14/h3-5,7H2,1-2H3,(H2,16,17,21,22). The van der Waals surface area contributed by atoms with E-state index in [1.807, 2.05) is 11.8 Å². The lowest BCUT2D eigenvalue weighted by atomic mass is 9.89. The fourth-order valence-corrected chi connectivity index (χ4v) is 3.00. The quantitative estimate of drug-likeness (QED) is 0.714. The molecule has 3 amide bonds. The highest BCUT2D eigenvalue weighted by Crippen LogP contribution is 2.30. The number of amides is 3. The van der Waals surface area contributed by atoms with E-state index in [0.29, 0.717) is 36.5 Å². The van der Waals surface area contributed by atoms with Crippen LogP contribution in [0.1, 0.15) is 29.7 Å². The number of hydrogen-bond donors (Lipinski definition) is 2. The molecule has 1 unspecified atom stereocenters. The molecule has 114 valence electrons. The molecule has 8 nitrogen and oxygen atoms in total. The maximum Gasteiger partial charge on any atom is 0.322 e. The normalized spacial score (nSPS) is 24.1. The van der Waals surface area contributed by atoms with Gasteiger partial charge in [0.1, 0.15) is 17.2 Å². The van der Waals surface area contributed by atoms with Crippen molar-refractivity contribution >= 4 is 17.8 Å². The van der Waals surface area contributed by atoms with Crippen molar-refractivity contribution in [2.24, 2.45) is 0 Å². The van der Waals surface area contributed by atoms with Crippen molar-refractivity contribution in [3.63, 3.8) is 0 Å². The summed E-state index contributed by atoms with van der Waals surface area (Å²) in [5.41, 5.74) is 1.02. The second-order valence-electron chi connectivity index (χ2n) is 5.74. The van der Waals surface area contributed by atoms with E-state index in [2.05, 4.69) is 26.9 Å². The Balaban J connectivity index is 1.97. The molecule has 2 N–H and O–H groups in total. The van der Waals surface area contributed by atoms with Crippen molar-refractivity contribution in [1.82, 2.24) is 20.8 Å². The van der Waals surface area contributed by atoms with E-state index in [1.54, 1.807) is 6.92 Å². The number of aryl methyl sites for hydroxylation is 1. The lowest BCUT2D eigenvalue weighted by Crippen LogP contribution is -2.59. The number of urea groups is 1. The molecule has 1 spiro atoms. The minimum atomic E-state index is -0.942. The van der Waals surface area contributed by atoms with Crippen LogP contribution in [0.2, 0.25) is 0 Å². The van der Waals surface area contributed by atoms with Crippen LogP contribution in [-0.2, 0) is 4.79 Å². The van der Waals surface area contributed by atoms with Gasteiger partial charge in [0, 0.05) is 6.54 Å². The molecule has 0 aromatic carbocycles. The van der Waals surface area contributed by atoms with E-state index >= 15 is 0 Å². The third kappa shape index (κ3) is 2.06. The zero-order chi connectivity index (χ0) is 15.9. The first-order valence-corrected chi connectivity index (χ1v) is 7.09. The largest absolute Gasteiger partial charge is 0.351 e. The third-order valence-corrected chi connectivity index (χ3v) is 4.35. The van der Waals surface area contributed by atoms with Crippen LogP contribution in [0.3, 0.4) is 0 Å². The SMILES string of the molecule is Cc1nnc(N2CCCC3(C2)NC(=O)NC3=O)c(C#N)c1C. The fourth-order valence-electron chi connectivity index (χ4n) is 3.00. The molecule has 1 aromatic rings. The van der Waals surface area contributed by atoms with Gasteiger partial charge in [0.25, 0.3) is 5.91 Å². The number of anilines is 1. The minimum Gasteiger partial charge on any atom is -0.351 e. The van der Waals surface area contributed by atoms with Crippen molar-refractivity contribution in [2.75, 3.05) is 18.0 Å². The fraction of sp³-hybridized carbons (Fsp3) is 0.500. The first-order chi connectivity index (χ1) is 10.5. The Labute approximate surface area is 127 Å². The second kappa shape index (κ2) is 4.94. The van der Waals surface area contributed by atoms with Crippen molar-refractivity contribution in [2.45, 2.75) is 32.2 Å². The lowest BCUT2D eigenvalue weighted by molar-refractivity contribution is -0.124. The number of nitrogens with zero attached hydrogens (tertiary/aromatic N) is 4. The van der Waals surface area contributed by atoms with Crippen LogP contribution < -0.4 is 15.5 Å². The molecule has 1 aromatic heterocycles.